The van der Waals surface area contributed by atoms with Crippen LogP contribution >= 0.6 is 0 Å². The van der Waals surface area contributed by atoms with Crippen LogP contribution in [0.25, 0.3) is 55.6 Å². The molecule has 0 saturated heterocycles. The van der Waals surface area contributed by atoms with Gasteiger partial charge in [-0.15, -0.1) is 0 Å². The first-order chi connectivity index (χ1) is 51.8. The first-order valence-electron chi connectivity index (χ1n) is 42.4. The maximum Gasteiger partial charge on any atom is 0.0263 e. The largest absolute Gasteiger partial charge is 0.0613 e. The number of rotatable bonds is 10. The average molecular weight is 1450 g/mol. The van der Waals surface area contributed by atoms with Crippen LogP contribution in [0.2, 0.25) is 0 Å². The minimum Gasteiger partial charge on any atom is -0.0613 e. The van der Waals surface area contributed by atoms with Gasteiger partial charge in [-0.3, -0.25) is 0 Å². The van der Waals surface area contributed by atoms with Gasteiger partial charge >= 0.3 is 0 Å². The standard InChI is InChI=1S/C110H126/c1-66-67(2)107(92-58-38-82(39-59-92)77-28-48-87(49-29-77)102(14,15)16)70(5)71(6)109(94-62-42-84(43-63-94)79-32-52-89(53-33-79)104(20,21)22)74(9)75(10)110(95-64-44-85(45-65-95)80-34-54-90(55-35-80)105(23,24)25)73(8)72(7)108(93-60-40-83(41-61-93)78-30-50-88(51-31-78)103(17,18)19)69(4)68(3)106(66,96-97(107)99(109)100(110)98(96)108)91-56-36-81(37-57-91)76-26-46-86(47-27-76)101(11,12)13/h26-75,96H,1-25H3/t66-,67?,68?,69?,70-,71+,72+,73?,74?,75+,96?,106?,107?,108?,109?,110?/m1/s1. The predicted octanol–water partition coefficient (Wildman–Crippen LogP) is 29.2. The molecule has 16 atom stereocenters. The molecule has 0 radical (unpaired) electrons. The lowest BCUT2D eigenvalue weighted by molar-refractivity contribution is -0.0728. The van der Waals surface area contributed by atoms with Crippen molar-refractivity contribution >= 4 is 0 Å². The molecule has 3 saturated carbocycles. The molecule has 0 N–H and O–H groups in total. The molecule has 0 bridgehead atoms. The van der Waals surface area contributed by atoms with E-state index in [-0.39, 0.29) is 108 Å². The Morgan fingerprint density at radius 1 is 0.173 bits per heavy atom. The highest BCUT2D eigenvalue weighted by atomic mass is 14.8. The van der Waals surface area contributed by atoms with E-state index in [4.69, 9.17) is 0 Å². The van der Waals surface area contributed by atoms with Gasteiger partial charge in [-0.1, -0.05) is 416 Å². The van der Waals surface area contributed by atoms with E-state index in [0.717, 1.165) is 0 Å². The van der Waals surface area contributed by atoms with E-state index in [9.17, 15) is 0 Å². The van der Waals surface area contributed by atoms with Crippen LogP contribution < -0.4 is 0 Å². The quantitative estimate of drug-likeness (QED) is 0.128. The summed E-state index contributed by atoms with van der Waals surface area (Å²) in [5.74, 6) is 2.34. The first-order valence-corrected chi connectivity index (χ1v) is 42.4. The van der Waals surface area contributed by atoms with Crippen LogP contribution in [0.5, 0.6) is 0 Å². The number of hydrogen-bond acceptors (Lipinski definition) is 0. The SMILES string of the molecule is CC1[C@@H](C)C2(c3ccc(-c4ccc(C(C)(C)C)cc4)cc3)C3C4=C5C6=C3C(c3ccc(-c7ccc(C(C)(C)C)cc7)cc3)(C(C)C2C)[C@@H](C)C(C)C6(c2ccc(-c3ccc(C(C)(C)C)cc3)cc2)[C@@H](C)C(C)C5(c2ccc(-c3ccc(C(C)(C)C)cc3)cc2)[C@@H](C)[C@@H](C)C41c1ccc(-c2ccc(C(C)(C)C)cc2)cc1. The Morgan fingerprint density at radius 3 is 0.500 bits per heavy atom. The molecule has 11 unspecified atom stereocenters. The molecule has 566 valence electrons. The van der Waals surface area contributed by atoms with Crippen molar-refractivity contribution < 1.29 is 0 Å². The van der Waals surface area contributed by atoms with Gasteiger partial charge in [0.2, 0.25) is 0 Å². The molecule has 0 nitrogen and oxygen atoms in total. The highest BCUT2D eigenvalue weighted by molar-refractivity contribution is 5.81. The zero-order chi connectivity index (χ0) is 78.5. The maximum absolute atomic E-state index is 2.79. The van der Waals surface area contributed by atoms with E-state index in [1.54, 1.807) is 22.3 Å². The summed E-state index contributed by atoms with van der Waals surface area (Å²) < 4.78 is 0. The van der Waals surface area contributed by atoms with E-state index >= 15 is 0 Å². The van der Waals surface area contributed by atoms with Crippen molar-refractivity contribution in [2.24, 2.45) is 65.1 Å². The fourth-order valence-corrected chi connectivity index (χ4v) is 25.3. The second kappa shape index (κ2) is 25.9. The topological polar surface area (TPSA) is 0 Å². The molecule has 0 spiro atoms. The van der Waals surface area contributed by atoms with Crippen LogP contribution in [-0.4, -0.2) is 0 Å². The molecule has 16 rings (SSSR count). The molecule has 110 heavy (non-hydrogen) atoms. The molecule has 0 heteroatoms. The van der Waals surface area contributed by atoms with Gasteiger partial charge in [0.15, 0.2) is 0 Å². The Labute approximate surface area is 664 Å². The third-order valence-electron chi connectivity index (χ3n) is 31.8. The monoisotopic (exact) mass is 1450 g/mol. The fraction of sp³-hybridized carbons (Fsp3) is 0.418. The fourth-order valence-electron chi connectivity index (χ4n) is 25.3. The summed E-state index contributed by atoms with van der Waals surface area (Å²) in [7, 11) is 0. The van der Waals surface area contributed by atoms with Gasteiger partial charge < -0.3 is 0 Å². The number of benzene rings is 10. The van der Waals surface area contributed by atoms with Gasteiger partial charge in [-0.05, 0) is 220 Å². The van der Waals surface area contributed by atoms with Crippen molar-refractivity contribution in [3.05, 3.63) is 321 Å². The van der Waals surface area contributed by atoms with Gasteiger partial charge in [0, 0.05) is 33.0 Å². The lowest BCUT2D eigenvalue weighted by Crippen LogP contribution is -2.70. The molecule has 6 aliphatic rings. The Morgan fingerprint density at radius 2 is 0.318 bits per heavy atom. The predicted molar refractivity (Wildman–Crippen MR) is 470 cm³/mol. The van der Waals surface area contributed by atoms with E-state index in [0.29, 0.717) is 0 Å². The minimum absolute atomic E-state index is 0.0541. The van der Waals surface area contributed by atoms with Crippen LogP contribution in [0.4, 0.5) is 0 Å². The Kier molecular flexibility index (Phi) is 17.8. The summed E-state index contributed by atoms with van der Waals surface area (Å²) in [6.07, 6.45) is 0. The molecule has 0 heterocycles. The molecular weight excluding hydrogens is 1320 g/mol. The van der Waals surface area contributed by atoms with E-state index in [1.807, 2.05) is 0 Å². The molecule has 10 aromatic carbocycles. The van der Waals surface area contributed by atoms with Crippen LogP contribution in [0.3, 0.4) is 0 Å². The second-order valence-electron chi connectivity index (χ2n) is 41.3. The Bertz CT molecular complexity index is 4890. The van der Waals surface area contributed by atoms with Crippen LogP contribution in [-0.2, 0) is 54.1 Å². The normalized spacial score (nSPS) is 29.9. The second-order valence-corrected chi connectivity index (χ2v) is 41.3. The molecule has 6 aliphatic carbocycles. The van der Waals surface area contributed by atoms with Crippen molar-refractivity contribution in [2.75, 3.05) is 0 Å². The maximum atomic E-state index is 2.79. The summed E-state index contributed by atoms with van der Waals surface area (Å²) >= 11 is 0. The van der Waals surface area contributed by atoms with Gasteiger partial charge in [-0.2, -0.15) is 0 Å². The van der Waals surface area contributed by atoms with Crippen molar-refractivity contribution in [1.82, 2.24) is 0 Å². The van der Waals surface area contributed by atoms with Crippen LogP contribution in [0.1, 0.15) is 229 Å². The summed E-state index contributed by atoms with van der Waals surface area (Å²) in [6.45, 7) is 62.7. The van der Waals surface area contributed by atoms with E-state index in [2.05, 4.69) is 416 Å². The summed E-state index contributed by atoms with van der Waals surface area (Å²) in [5, 5.41) is 0. The van der Waals surface area contributed by atoms with Crippen molar-refractivity contribution in [3.63, 3.8) is 0 Å². The molecule has 0 aromatic heterocycles. The molecule has 0 aliphatic heterocycles. The molecule has 0 amide bonds. The van der Waals surface area contributed by atoms with Gasteiger partial charge in [-0.25, -0.2) is 0 Å². The van der Waals surface area contributed by atoms with Gasteiger partial charge in [0.25, 0.3) is 0 Å². The van der Waals surface area contributed by atoms with Gasteiger partial charge in [0.05, 0.1) is 0 Å². The zero-order valence-electron chi connectivity index (χ0n) is 71.4. The van der Waals surface area contributed by atoms with E-state index in [1.165, 1.54) is 111 Å². The molecule has 10 aromatic rings. The zero-order valence-corrected chi connectivity index (χ0v) is 71.4. The summed E-state index contributed by atoms with van der Waals surface area (Å²) in [4.78, 5) is 0. The van der Waals surface area contributed by atoms with Crippen LogP contribution in [0, 0.1) is 65.1 Å². The summed E-state index contributed by atoms with van der Waals surface area (Å²) in [6, 6.07) is 99.5. The van der Waals surface area contributed by atoms with Crippen molar-refractivity contribution in [1.29, 1.82) is 0 Å². The smallest absolute Gasteiger partial charge is 0.0263 e. The first kappa shape index (κ1) is 75.7. The molecule has 3 fully saturated rings. The number of hydrogen-bond donors (Lipinski definition) is 0. The Hall–Kier alpha value is -8.32. The summed E-state index contributed by atoms with van der Waals surface area (Å²) in [5.41, 5.74) is 32.6. The van der Waals surface area contributed by atoms with Crippen molar-refractivity contribution in [2.45, 2.75) is 227 Å². The Balaban J connectivity index is 1.04. The van der Waals surface area contributed by atoms with Crippen molar-refractivity contribution in [3.8, 4) is 55.6 Å². The third kappa shape index (κ3) is 10.7. The lowest BCUT2D eigenvalue weighted by atomic mass is 9.30. The number of allylic oxidation sites excluding steroid dienone is 4. The third-order valence-corrected chi connectivity index (χ3v) is 31.8. The lowest BCUT2D eigenvalue weighted by Gasteiger charge is -2.72. The minimum atomic E-state index is -0.393. The van der Waals surface area contributed by atoms with Gasteiger partial charge in [0.1, 0.15) is 0 Å². The highest BCUT2D eigenvalue weighted by Gasteiger charge is 2.82. The average Bonchev–Trinajstić information content (AvgIpc) is 1.43. The van der Waals surface area contributed by atoms with Crippen LogP contribution in [0.15, 0.2) is 265 Å². The molecular formula is C110H126. The van der Waals surface area contributed by atoms with E-state index < -0.39 is 10.8 Å². The highest BCUT2D eigenvalue weighted by Crippen LogP contribution is 2.86.